The molecule has 0 unspecified atom stereocenters. The van der Waals surface area contributed by atoms with Gasteiger partial charge in [-0.15, -0.1) is 0 Å². The second-order valence-electron chi connectivity index (χ2n) is 7.97. The third-order valence-corrected chi connectivity index (χ3v) is 5.90. The van der Waals surface area contributed by atoms with Gasteiger partial charge in [0.2, 0.25) is 0 Å². The van der Waals surface area contributed by atoms with Crippen LogP contribution in [0.5, 0.6) is 0 Å². The van der Waals surface area contributed by atoms with Crippen LogP contribution in [0.15, 0.2) is 133 Å². The maximum absolute atomic E-state index is 2.27. The lowest BCUT2D eigenvalue weighted by Crippen LogP contribution is -2.09. The van der Waals surface area contributed by atoms with Crippen LogP contribution in [0.3, 0.4) is 0 Å². The Kier molecular flexibility index (Phi) is 5.55. The van der Waals surface area contributed by atoms with Crippen LogP contribution in [0.4, 0.5) is 11.4 Å². The summed E-state index contributed by atoms with van der Waals surface area (Å²) in [5, 5.41) is 0. The van der Waals surface area contributed by atoms with Crippen molar-refractivity contribution in [2.75, 3.05) is 11.9 Å². The second kappa shape index (κ2) is 8.95. The number of benzene rings is 5. The lowest BCUT2D eigenvalue weighted by molar-refractivity contribution is 1.21. The predicted molar refractivity (Wildman–Crippen MR) is 137 cm³/mol. The first kappa shape index (κ1) is 19.8. The highest BCUT2D eigenvalue weighted by atomic mass is 15.1. The van der Waals surface area contributed by atoms with E-state index in [0.29, 0.717) is 0 Å². The summed E-state index contributed by atoms with van der Waals surface area (Å²) in [5.41, 5.74) is 9.71. The van der Waals surface area contributed by atoms with E-state index in [0.717, 1.165) is 0 Å². The minimum absolute atomic E-state index is 1.17. The normalized spacial score (nSPS) is 10.7. The number of rotatable bonds is 5. The molecule has 0 heterocycles. The molecular weight excluding hydrogens is 386 g/mol. The molecule has 0 radical (unpaired) electrons. The summed E-state index contributed by atoms with van der Waals surface area (Å²) in [7, 11) is 2.12. The van der Waals surface area contributed by atoms with Gasteiger partial charge >= 0.3 is 0 Å². The summed E-state index contributed by atoms with van der Waals surface area (Å²) in [4.78, 5) is 2.24. The van der Waals surface area contributed by atoms with Crippen molar-refractivity contribution in [2.24, 2.45) is 0 Å². The molecule has 0 N–H and O–H groups in total. The molecule has 1 nitrogen and oxygen atoms in total. The topological polar surface area (TPSA) is 3.24 Å². The minimum Gasteiger partial charge on any atom is -0.345 e. The van der Waals surface area contributed by atoms with E-state index in [-0.39, 0.29) is 0 Å². The molecule has 0 saturated heterocycles. The van der Waals surface area contributed by atoms with Gasteiger partial charge in [0.15, 0.2) is 0 Å². The highest BCUT2D eigenvalue weighted by molar-refractivity contribution is 5.77. The number of hydrogen-bond donors (Lipinski definition) is 0. The molecule has 0 aliphatic heterocycles. The summed E-state index contributed by atoms with van der Waals surface area (Å²) in [6.45, 7) is 0. The van der Waals surface area contributed by atoms with E-state index in [1.54, 1.807) is 0 Å². The van der Waals surface area contributed by atoms with Crippen molar-refractivity contribution in [3.05, 3.63) is 133 Å². The Hall–Kier alpha value is -4.10. The molecular formula is C31H25N. The standard InChI is InChI=1S/C31H25N/c1-32(30-20-18-26(19-21-30)24-10-4-2-5-11-24)31-17-9-16-29(23-31)28-15-8-14-27(22-28)25-12-6-3-7-13-25/h2-23H,1H3. The fourth-order valence-corrected chi connectivity index (χ4v) is 4.06. The van der Waals surface area contributed by atoms with Gasteiger partial charge in [0.25, 0.3) is 0 Å². The summed E-state index contributed by atoms with van der Waals surface area (Å²) in [6, 6.07) is 47.3. The molecule has 0 spiro atoms. The summed E-state index contributed by atoms with van der Waals surface area (Å²) >= 11 is 0. The van der Waals surface area contributed by atoms with Gasteiger partial charge in [0.1, 0.15) is 0 Å². The van der Waals surface area contributed by atoms with Crippen molar-refractivity contribution in [3.63, 3.8) is 0 Å². The Morgan fingerprint density at radius 1 is 0.344 bits per heavy atom. The summed E-state index contributed by atoms with van der Waals surface area (Å²) < 4.78 is 0. The Labute approximate surface area is 190 Å². The first-order valence-corrected chi connectivity index (χ1v) is 10.9. The third kappa shape index (κ3) is 4.19. The molecule has 0 saturated carbocycles. The molecule has 1 heteroatoms. The van der Waals surface area contributed by atoms with Gasteiger partial charge < -0.3 is 4.90 Å². The summed E-state index contributed by atoms with van der Waals surface area (Å²) in [5.74, 6) is 0. The van der Waals surface area contributed by atoms with Crippen LogP contribution in [-0.4, -0.2) is 7.05 Å². The number of hydrogen-bond acceptors (Lipinski definition) is 1. The largest absolute Gasteiger partial charge is 0.345 e. The lowest BCUT2D eigenvalue weighted by atomic mass is 9.98. The van der Waals surface area contributed by atoms with E-state index in [2.05, 4.69) is 139 Å². The molecule has 154 valence electrons. The summed E-state index contributed by atoms with van der Waals surface area (Å²) in [6.07, 6.45) is 0. The van der Waals surface area contributed by atoms with E-state index in [1.807, 2.05) is 6.07 Å². The number of nitrogens with zero attached hydrogens (tertiary/aromatic N) is 1. The molecule has 0 fully saturated rings. The second-order valence-corrected chi connectivity index (χ2v) is 7.97. The number of anilines is 2. The molecule has 0 amide bonds. The van der Waals surface area contributed by atoms with Gasteiger partial charge in [-0.2, -0.15) is 0 Å². The average Bonchev–Trinajstić information content (AvgIpc) is 2.89. The molecule has 5 rings (SSSR count). The van der Waals surface area contributed by atoms with Crippen LogP contribution in [0.2, 0.25) is 0 Å². The van der Waals surface area contributed by atoms with E-state index in [9.17, 15) is 0 Å². The maximum atomic E-state index is 2.27. The molecule has 5 aromatic carbocycles. The van der Waals surface area contributed by atoms with Crippen LogP contribution in [0, 0.1) is 0 Å². The molecule has 0 aliphatic carbocycles. The molecule has 0 aliphatic rings. The highest BCUT2D eigenvalue weighted by Crippen LogP contribution is 2.31. The molecule has 5 aromatic rings. The van der Waals surface area contributed by atoms with Gasteiger partial charge in [-0.1, -0.05) is 103 Å². The highest BCUT2D eigenvalue weighted by Gasteiger charge is 2.08. The van der Waals surface area contributed by atoms with E-state index in [1.165, 1.54) is 44.8 Å². The molecule has 0 bridgehead atoms. The van der Waals surface area contributed by atoms with Crippen LogP contribution in [0.1, 0.15) is 0 Å². The smallest absolute Gasteiger partial charge is 0.0414 e. The quantitative estimate of drug-likeness (QED) is 0.280. The molecule has 32 heavy (non-hydrogen) atoms. The van der Waals surface area contributed by atoms with Crippen LogP contribution >= 0.6 is 0 Å². The zero-order valence-corrected chi connectivity index (χ0v) is 18.1. The van der Waals surface area contributed by atoms with Crippen LogP contribution in [0.25, 0.3) is 33.4 Å². The van der Waals surface area contributed by atoms with Crippen molar-refractivity contribution in [1.82, 2.24) is 0 Å². The molecule has 0 aromatic heterocycles. The Morgan fingerprint density at radius 3 is 1.41 bits per heavy atom. The van der Waals surface area contributed by atoms with Crippen molar-refractivity contribution >= 4 is 11.4 Å². The monoisotopic (exact) mass is 411 g/mol. The van der Waals surface area contributed by atoms with Gasteiger partial charge in [-0.25, -0.2) is 0 Å². The Bertz CT molecular complexity index is 1310. The third-order valence-electron chi connectivity index (χ3n) is 5.90. The van der Waals surface area contributed by atoms with E-state index in [4.69, 9.17) is 0 Å². The van der Waals surface area contributed by atoms with Gasteiger partial charge in [-0.3, -0.25) is 0 Å². The zero-order chi connectivity index (χ0) is 21.8. The zero-order valence-electron chi connectivity index (χ0n) is 18.1. The maximum Gasteiger partial charge on any atom is 0.0414 e. The first-order valence-electron chi connectivity index (χ1n) is 10.9. The molecule has 0 atom stereocenters. The SMILES string of the molecule is CN(c1ccc(-c2ccccc2)cc1)c1cccc(-c2cccc(-c3ccccc3)c2)c1. The Balaban J connectivity index is 1.42. The van der Waals surface area contributed by atoms with E-state index < -0.39 is 0 Å². The van der Waals surface area contributed by atoms with Crippen molar-refractivity contribution in [1.29, 1.82) is 0 Å². The van der Waals surface area contributed by atoms with Crippen molar-refractivity contribution in [2.45, 2.75) is 0 Å². The van der Waals surface area contributed by atoms with Gasteiger partial charge in [-0.05, 0) is 63.7 Å². The van der Waals surface area contributed by atoms with Crippen LogP contribution < -0.4 is 4.90 Å². The first-order chi connectivity index (χ1) is 15.8. The Morgan fingerprint density at radius 2 is 0.781 bits per heavy atom. The average molecular weight is 412 g/mol. The van der Waals surface area contributed by atoms with Gasteiger partial charge in [0.05, 0.1) is 0 Å². The fraction of sp³-hybridized carbons (Fsp3) is 0.0323. The predicted octanol–water partition coefficient (Wildman–Crippen LogP) is 8.46. The van der Waals surface area contributed by atoms with E-state index >= 15 is 0 Å². The van der Waals surface area contributed by atoms with Crippen molar-refractivity contribution < 1.29 is 0 Å². The minimum atomic E-state index is 1.17. The van der Waals surface area contributed by atoms with Gasteiger partial charge in [0, 0.05) is 18.4 Å². The fourth-order valence-electron chi connectivity index (χ4n) is 4.06. The van der Waals surface area contributed by atoms with Crippen LogP contribution in [-0.2, 0) is 0 Å². The lowest BCUT2D eigenvalue weighted by Gasteiger charge is -2.21. The van der Waals surface area contributed by atoms with Crippen molar-refractivity contribution in [3.8, 4) is 33.4 Å².